The predicted molar refractivity (Wildman–Crippen MR) is 104 cm³/mol. The van der Waals surface area contributed by atoms with Crippen LogP contribution in [0.3, 0.4) is 0 Å². The van der Waals surface area contributed by atoms with Crippen LogP contribution < -0.4 is 0 Å². The number of ether oxygens (including phenoxy) is 2. The number of hydrogen-bond acceptors (Lipinski definition) is 4. The topological polar surface area (TPSA) is 52.6 Å². The highest BCUT2D eigenvalue weighted by atomic mass is 16.5. The van der Waals surface area contributed by atoms with Crippen LogP contribution >= 0.6 is 0 Å². The molecule has 0 aliphatic heterocycles. The number of hydrogen-bond donors (Lipinski definition) is 0. The summed E-state index contributed by atoms with van der Waals surface area (Å²) in [4.78, 5) is 24.8. The lowest BCUT2D eigenvalue weighted by atomic mass is 9.87. The molecule has 0 aliphatic carbocycles. The molecule has 0 unspecified atom stereocenters. The van der Waals surface area contributed by atoms with E-state index in [9.17, 15) is 9.59 Å². The average Bonchev–Trinajstić information content (AvgIpc) is 2.61. The minimum Gasteiger partial charge on any atom is -0.462 e. The number of benzene rings is 1. The van der Waals surface area contributed by atoms with E-state index in [1.165, 1.54) is 0 Å². The van der Waals surface area contributed by atoms with Crippen LogP contribution in [0, 0.1) is 10.8 Å². The number of carbonyl (C=O) groups excluding carboxylic acids is 2. The molecule has 0 saturated carbocycles. The molecule has 0 spiro atoms. The lowest BCUT2D eigenvalue weighted by Gasteiger charge is -2.22. The monoisotopic (exact) mass is 362 g/mol. The molecule has 0 atom stereocenters. The molecule has 26 heavy (non-hydrogen) atoms. The van der Waals surface area contributed by atoms with Crippen molar-refractivity contribution in [2.75, 3.05) is 13.2 Å². The van der Waals surface area contributed by atoms with Crippen LogP contribution in [0.2, 0.25) is 0 Å². The molecule has 4 heteroatoms. The zero-order valence-corrected chi connectivity index (χ0v) is 17.2. The maximum Gasteiger partial charge on any atom is 0.339 e. The third kappa shape index (κ3) is 7.19. The fourth-order valence-corrected chi connectivity index (χ4v) is 2.19. The molecule has 0 radical (unpaired) electrons. The SMILES string of the molecule is CCC(C)(C)CCOC(=O)c1ccccc1C(=O)OCCC(C)(C)CC. The van der Waals surface area contributed by atoms with Crippen molar-refractivity contribution in [2.24, 2.45) is 10.8 Å². The lowest BCUT2D eigenvalue weighted by Crippen LogP contribution is -2.19. The van der Waals surface area contributed by atoms with Gasteiger partial charge in [0.1, 0.15) is 0 Å². The summed E-state index contributed by atoms with van der Waals surface area (Å²) in [6.45, 7) is 13.5. The molecule has 0 bridgehead atoms. The number of esters is 2. The fraction of sp³-hybridized carbons (Fsp3) is 0.636. The Morgan fingerprint density at radius 1 is 0.769 bits per heavy atom. The molecular weight excluding hydrogens is 328 g/mol. The highest BCUT2D eigenvalue weighted by Crippen LogP contribution is 2.25. The smallest absolute Gasteiger partial charge is 0.339 e. The normalized spacial score (nSPS) is 11.9. The van der Waals surface area contributed by atoms with Crippen LogP contribution in [0.4, 0.5) is 0 Å². The van der Waals surface area contributed by atoms with E-state index in [2.05, 4.69) is 41.5 Å². The van der Waals surface area contributed by atoms with Crippen molar-refractivity contribution in [2.45, 2.75) is 67.2 Å². The Hall–Kier alpha value is -1.84. The van der Waals surface area contributed by atoms with Crippen LogP contribution in [0.5, 0.6) is 0 Å². The molecule has 1 aromatic carbocycles. The molecular formula is C22H34O4. The number of carbonyl (C=O) groups is 2. The van der Waals surface area contributed by atoms with E-state index in [0.29, 0.717) is 13.2 Å². The van der Waals surface area contributed by atoms with Gasteiger partial charge in [0.2, 0.25) is 0 Å². The van der Waals surface area contributed by atoms with Gasteiger partial charge in [0, 0.05) is 0 Å². The minimum absolute atomic E-state index is 0.130. The first-order valence-electron chi connectivity index (χ1n) is 9.55. The van der Waals surface area contributed by atoms with Gasteiger partial charge in [0.25, 0.3) is 0 Å². The molecule has 0 aromatic heterocycles. The van der Waals surface area contributed by atoms with Crippen molar-refractivity contribution in [3.05, 3.63) is 35.4 Å². The van der Waals surface area contributed by atoms with E-state index < -0.39 is 11.9 Å². The highest BCUT2D eigenvalue weighted by Gasteiger charge is 2.22. The van der Waals surface area contributed by atoms with E-state index in [1.807, 2.05) is 0 Å². The van der Waals surface area contributed by atoms with Crippen LogP contribution in [-0.4, -0.2) is 25.2 Å². The highest BCUT2D eigenvalue weighted by molar-refractivity contribution is 6.03. The third-order valence-corrected chi connectivity index (χ3v) is 5.31. The van der Waals surface area contributed by atoms with Crippen LogP contribution in [0.1, 0.15) is 87.9 Å². The van der Waals surface area contributed by atoms with Gasteiger partial charge in [-0.25, -0.2) is 9.59 Å². The Bertz CT molecular complexity index is 549. The molecule has 146 valence electrons. The standard InChI is InChI=1S/C22H34O4/c1-7-21(3,4)13-15-25-19(23)17-11-9-10-12-18(17)20(24)26-16-14-22(5,6)8-2/h9-12H,7-8,13-16H2,1-6H3. The first-order chi connectivity index (χ1) is 12.1. The zero-order chi connectivity index (χ0) is 19.8. The van der Waals surface area contributed by atoms with Crippen molar-refractivity contribution in [1.29, 1.82) is 0 Å². The summed E-state index contributed by atoms with van der Waals surface area (Å²) < 4.78 is 10.8. The molecule has 1 aromatic rings. The summed E-state index contributed by atoms with van der Waals surface area (Å²) in [5.74, 6) is -0.948. The van der Waals surface area contributed by atoms with Crippen molar-refractivity contribution in [3.63, 3.8) is 0 Å². The van der Waals surface area contributed by atoms with Gasteiger partial charge in [-0.05, 0) is 35.8 Å². The Morgan fingerprint density at radius 3 is 1.42 bits per heavy atom. The second kappa shape index (κ2) is 9.75. The van der Waals surface area contributed by atoms with Crippen LogP contribution in [0.25, 0.3) is 0 Å². The van der Waals surface area contributed by atoms with Crippen LogP contribution in [-0.2, 0) is 9.47 Å². The van der Waals surface area contributed by atoms with Gasteiger partial charge in [-0.15, -0.1) is 0 Å². The maximum absolute atomic E-state index is 12.4. The zero-order valence-electron chi connectivity index (χ0n) is 17.2. The molecule has 0 aliphatic rings. The summed E-state index contributed by atoms with van der Waals surface area (Å²) >= 11 is 0. The average molecular weight is 363 g/mol. The first-order valence-corrected chi connectivity index (χ1v) is 9.55. The summed E-state index contributed by atoms with van der Waals surface area (Å²) in [7, 11) is 0. The number of rotatable bonds is 10. The van der Waals surface area contributed by atoms with Crippen molar-refractivity contribution >= 4 is 11.9 Å². The van der Waals surface area contributed by atoms with Gasteiger partial charge >= 0.3 is 11.9 Å². The maximum atomic E-state index is 12.4. The van der Waals surface area contributed by atoms with E-state index in [-0.39, 0.29) is 22.0 Å². The van der Waals surface area contributed by atoms with Gasteiger partial charge in [-0.2, -0.15) is 0 Å². The van der Waals surface area contributed by atoms with Crippen molar-refractivity contribution in [1.82, 2.24) is 0 Å². The van der Waals surface area contributed by atoms with Gasteiger partial charge in [0.15, 0.2) is 0 Å². The summed E-state index contributed by atoms with van der Waals surface area (Å²) in [5, 5.41) is 0. The fourth-order valence-electron chi connectivity index (χ4n) is 2.19. The predicted octanol–water partition coefficient (Wildman–Crippen LogP) is 5.65. The van der Waals surface area contributed by atoms with Gasteiger partial charge in [-0.1, -0.05) is 66.5 Å². The Balaban J connectivity index is 2.68. The molecule has 4 nitrogen and oxygen atoms in total. The second-order valence-electron chi connectivity index (χ2n) is 8.35. The molecule has 0 N–H and O–H groups in total. The third-order valence-electron chi connectivity index (χ3n) is 5.31. The van der Waals surface area contributed by atoms with Gasteiger partial charge < -0.3 is 9.47 Å². The summed E-state index contributed by atoms with van der Waals surface area (Å²) in [6, 6.07) is 6.67. The summed E-state index contributed by atoms with van der Waals surface area (Å²) in [6.07, 6.45) is 3.60. The Labute approximate surface area is 158 Å². The van der Waals surface area contributed by atoms with E-state index >= 15 is 0 Å². The lowest BCUT2D eigenvalue weighted by molar-refractivity contribution is 0.0408. The molecule has 0 fully saturated rings. The Kier molecular flexibility index (Phi) is 8.32. The van der Waals surface area contributed by atoms with Gasteiger partial charge in [0.05, 0.1) is 24.3 Å². The molecule has 1 rings (SSSR count). The van der Waals surface area contributed by atoms with Crippen LogP contribution in [0.15, 0.2) is 24.3 Å². The largest absolute Gasteiger partial charge is 0.462 e. The summed E-state index contributed by atoms with van der Waals surface area (Å²) in [5.41, 5.74) is 0.790. The Morgan fingerprint density at radius 2 is 1.12 bits per heavy atom. The van der Waals surface area contributed by atoms with E-state index in [4.69, 9.17) is 9.47 Å². The minimum atomic E-state index is -0.474. The molecule has 0 saturated heterocycles. The van der Waals surface area contributed by atoms with Gasteiger partial charge in [-0.3, -0.25) is 0 Å². The van der Waals surface area contributed by atoms with Crippen molar-refractivity contribution in [3.8, 4) is 0 Å². The quantitative estimate of drug-likeness (QED) is 0.504. The van der Waals surface area contributed by atoms with E-state index in [0.717, 1.165) is 25.7 Å². The molecule has 0 amide bonds. The second-order valence-corrected chi connectivity index (χ2v) is 8.35. The van der Waals surface area contributed by atoms with Crippen molar-refractivity contribution < 1.29 is 19.1 Å². The molecule has 0 heterocycles. The first kappa shape index (κ1) is 22.2. The van der Waals surface area contributed by atoms with E-state index in [1.54, 1.807) is 24.3 Å².